The van der Waals surface area contributed by atoms with Crippen molar-refractivity contribution in [3.05, 3.63) is 29.3 Å². The third kappa shape index (κ3) is 3.10. The number of benzene rings is 1. The average Bonchev–Trinajstić information content (AvgIpc) is 3.21. The Morgan fingerprint density at radius 2 is 2.10 bits per heavy atom. The molecule has 0 saturated heterocycles. The minimum Gasteiger partial charge on any atom is -0.452 e. The number of esters is 1. The van der Waals surface area contributed by atoms with Crippen LogP contribution in [0.5, 0.6) is 0 Å². The monoisotopic (exact) mass is 276 g/mol. The molecule has 1 aliphatic carbocycles. The molecular weight excluding hydrogens is 256 g/mol. The fourth-order valence-electron chi connectivity index (χ4n) is 2.28. The molecule has 1 amide bonds. The standard InChI is InChI=1S/C15H20N2O3/c1-3-17(11-7-8-11)13(18)9-20-15(19)14-10(2)5-4-6-12(14)16/h4-6,11H,3,7-9,16H2,1-2H3. The normalized spacial score (nSPS) is 13.9. The van der Waals surface area contributed by atoms with Gasteiger partial charge in [0.1, 0.15) is 0 Å². The van der Waals surface area contributed by atoms with Crippen LogP contribution in [0.25, 0.3) is 0 Å². The molecule has 1 fully saturated rings. The predicted molar refractivity (Wildman–Crippen MR) is 76.3 cm³/mol. The molecule has 0 aromatic heterocycles. The van der Waals surface area contributed by atoms with E-state index >= 15 is 0 Å². The highest BCUT2D eigenvalue weighted by Crippen LogP contribution is 2.26. The topological polar surface area (TPSA) is 72.6 Å². The van der Waals surface area contributed by atoms with Gasteiger partial charge in [0.25, 0.3) is 5.91 Å². The van der Waals surface area contributed by atoms with Crippen molar-refractivity contribution in [1.82, 2.24) is 4.90 Å². The van der Waals surface area contributed by atoms with Crippen LogP contribution in [0.3, 0.4) is 0 Å². The highest BCUT2D eigenvalue weighted by atomic mass is 16.5. The summed E-state index contributed by atoms with van der Waals surface area (Å²) in [5.74, 6) is -0.684. The maximum atomic E-state index is 12.0. The number of aryl methyl sites for hydroxylation is 1. The molecule has 108 valence electrons. The van der Waals surface area contributed by atoms with Gasteiger partial charge in [-0.05, 0) is 38.3 Å². The van der Waals surface area contributed by atoms with E-state index < -0.39 is 5.97 Å². The van der Waals surface area contributed by atoms with Crippen molar-refractivity contribution in [3.8, 4) is 0 Å². The van der Waals surface area contributed by atoms with Gasteiger partial charge in [-0.3, -0.25) is 4.79 Å². The molecular formula is C15H20N2O3. The van der Waals surface area contributed by atoms with Crippen LogP contribution in [-0.4, -0.2) is 36.0 Å². The molecule has 1 aliphatic rings. The van der Waals surface area contributed by atoms with Crippen LogP contribution >= 0.6 is 0 Å². The van der Waals surface area contributed by atoms with E-state index in [4.69, 9.17) is 10.5 Å². The molecule has 5 nitrogen and oxygen atoms in total. The van der Waals surface area contributed by atoms with E-state index in [0.717, 1.165) is 18.4 Å². The molecule has 0 bridgehead atoms. The largest absolute Gasteiger partial charge is 0.452 e. The van der Waals surface area contributed by atoms with Crippen molar-refractivity contribution in [2.24, 2.45) is 0 Å². The highest BCUT2D eigenvalue weighted by molar-refractivity contribution is 5.97. The van der Waals surface area contributed by atoms with Crippen LogP contribution in [0.1, 0.15) is 35.7 Å². The van der Waals surface area contributed by atoms with E-state index in [1.165, 1.54) is 0 Å². The molecule has 2 rings (SSSR count). The van der Waals surface area contributed by atoms with Gasteiger partial charge in [-0.25, -0.2) is 4.79 Å². The molecule has 0 atom stereocenters. The van der Waals surface area contributed by atoms with E-state index in [2.05, 4.69) is 0 Å². The maximum Gasteiger partial charge on any atom is 0.341 e. The maximum absolute atomic E-state index is 12.0. The quantitative estimate of drug-likeness (QED) is 0.657. The summed E-state index contributed by atoms with van der Waals surface area (Å²) in [5.41, 5.74) is 7.24. The van der Waals surface area contributed by atoms with Gasteiger partial charge in [-0.15, -0.1) is 0 Å². The number of nitrogen functional groups attached to an aromatic ring is 1. The van der Waals surface area contributed by atoms with Gasteiger partial charge in [0.15, 0.2) is 6.61 Å². The van der Waals surface area contributed by atoms with Gasteiger partial charge >= 0.3 is 5.97 Å². The SMILES string of the molecule is CCN(C(=O)COC(=O)c1c(C)cccc1N)C1CC1. The van der Waals surface area contributed by atoms with Crippen molar-refractivity contribution in [2.75, 3.05) is 18.9 Å². The number of carbonyl (C=O) groups excluding carboxylic acids is 2. The van der Waals surface area contributed by atoms with Crippen LogP contribution in [0.15, 0.2) is 18.2 Å². The third-order valence-corrected chi connectivity index (χ3v) is 3.48. The van der Waals surface area contributed by atoms with Gasteiger partial charge in [0, 0.05) is 18.3 Å². The molecule has 20 heavy (non-hydrogen) atoms. The van der Waals surface area contributed by atoms with Gasteiger partial charge in [0.2, 0.25) is 0 Å². The molecule has 2 N–H and O–H groups in total. The summed E-state index contributed by atoms with van der Waals surface area (Å²) in [5, 5.41) is 0. The minimum absolute atomic E-state index is 0.143. The lowest BCUT2D eigenvalue weighted by Gasteiger charge is -2.20. The van der Waals surface area contributed by atoms with E-state index in [1.807, 2.05) is 6.92 Å². The Labute approximate surface area is 118 Å². The molecule has 0 heterocycles. The first kappa shape index (κ1) is 14.4. The van der Waals surface area contributed by atoms with Crippen LogP contribution in [-0.2, 0) is 9.53 Å². The van der Waals surface area contributed by atoms with E-state index in [0.29, 0.717) is 23.8 Å². The highest BCUT2D eigenvalue weighted by Gasteiger charge is 2.31. The number of amides is 1. The average molecular weight is 276 g/mol. The van der Waals surface area contributed by atoms with Crippen LogP contribution in [0, 0.1) is 6.92 Å². The Kier molecular flexibility index (Phi) is 4.27. The van der Waals surface area contributed by atoms with Gasteiger partial charge in [-0.1, -0.05) is 12.1 Å². The summed E-state index contributed by atoms with van der Waals surface area (Å²) >= 11 is 0. The summed E-state index contributed by atoms with van der Waals surface area (Å²) in [4.78, 5) is 25.8. The summed E-state index contributed by atoms with van der Waals surface area (Å²) in [6.07, 6.45) is 2.08. The fourth-order valence-corrected chi connectivity index (χ4v) is 2.28. The predicted octanol–water partition coefficient (Wildman–Crippen LogP) is 1.74. The van der Waals surface area contributed by atoms with Gasteiger partial charge in [-0.2, -0.15) is 0 Å². The molecule has 0 spiro atoms. The Morgan fingerprint density at radius 3 is 2.65 bits per heavy atom. The lowest BCUT2D eigenvalue weighted by molar-refractivity contribution is -0.134. The molecule has 0 radical (unpaired) electrons. The molecule has 1 aromatic carbocycles. The van der Waals surface area contributed by atoms with Gasteiger partial charge in [0.05, 0.1) is 5.56 Å². The Hall–Kier alpha value is -2.04. The zero-order valence-electron chi connectivity index (χ0n) is 11.9. The number of rotatable bonds is 5. The summed E-state index contributed by atoms with van der Waals surface area (Å²) in [7, 11) is 0. The number of likely N-dealkylation sites (N-methyl/N-ethyl adjacent to an activating group) is 1. The second kappa shape index (κ2) is 5.94. The van der Waals surface area contributed by atoms with Crippen molar-refractivity contribution in [2.45, 2.75) is 32.7 Å². The Balaban J connectivity index is 1.96. The molecule has 5 heteroatoms. The van der Waals surface area contributed by atoms with Crippen molar-refractivity contribution < 1.29 is 14.3 Å². The summed E-state index contributed by atoms with van der Waals surface area (Å²) in [6.45, 7) is 4.14. The van der Waals surface area contributed by atoms with Crippen molar-refractivity contribution in [3.63, 3.8) is 0 Å². The lowest BCUT2D eigenvalue weighted by Crippen LogP contribution is -2.36. The molecule has 1 saturated carbocycles. The summed E-state index contributed by atoms with van der Waals surface area (Å²) in [6, 6.07) is 5.54. The number of hydrogen-bond donors (Lipinski definition) is 1. The smallest absolute Gasteiger partial charge is 0.341 e. The Morgan fingerprint density at radius 1 is 1.40 bits per heavy atom. The number of anilines is 1. The van der Waals surface area contributed by atoms with E-state index in [9.17, 15) is 9.59 Å². The second-order valence-corrected chi connectivity index (χ2v) is 5.03. The van der Waals surface area contributed by atoms with E-state index in [1.54, 1.807) is 30.0 Å². The number of carbonyl (C=O) groups is 2. The minimum atomic E-state index is -0.541. The van der Waals surface area contributed by atoms with E-state index in [-0.39, 0.29) is 12.5 Å². The van der Waals surface area contributed by atoms with Crippen LogP contribution < -0.4 is 5.73 Å². The number of nitrogens with zero attached hydrogens (tertiary/aromatic N) is 1. The molecule has 0 aliphatic heterocycles. The Bertz CT molecular complexity index is 504. The van der Waals surface area contributed by atoms with Crippen LogP contribution in [0.4, 0.5) is 5.69 Å². The zero-order valence-corrected chi connectivity index (χ0v) is 11.9. The first-order valence-corrected chi connectivity index (χ1v) is 6.86. The third-order valence-electron chi connectivity index (χ3n) is 3.48. The first-order chi connectivity index (χ1) is 9.54. The van der Waals surface area contributed by atoms with Gasteiger partial charge < -0.3 is 15.4 Å². The van der Waals surface area contributed by atoms with Crippen molar-refractivity contribution in [1.29, 1.82) is 0 Å². The van der Waals surface area contributed by atoms with Crippen molar-refractivity contribution >= 4 is 17.6 Å². The zero-order chi connectivity index (χ0) is 14.7. The van der Waals surface area contributed by atoms with Crippen LogP contribution in [0.2, 0.25) is 0 Å². The first-order valence-electron chi connectivity index (χ1n) is 6.86. The summed E-state index contributed by atoms with van der Waals surface area (Å²) < 4.78 is 5.10. The second-order valence-electron chi connectivity index (χ2n) is 5.03. The molecule has 1 aromatic rings. The number of ether oxygens (including phenoxy) is 1. The molecule has 0 unspecified atom stereocenters. The lowest BCUT2D eigenvalue weighted by atomic mass is 10.1. The number of hydrogen-bond acceptors (Lipinski definition) is 4. The fraction of sp³-hybridized carbons (Fsp3) is 0.467. The number of nitrogens with two attached hydrogens (primary N) is 1.